The molecule has 0 fully saturated rings. The highest BCUT2D eigenvalue weighted by atomic mass is 16.6. The Balaban J connectivity index is 3.08. The Bertz CT molecular complexity index is 424. The minimum absolute atomic E-state index is 0.0465. The molecule has 0 bridgehead atoms. The lowest BCUT2D eigenvalue weighted by atomic mass is 10.1. The second-order valence-corrected chi connectivity index (χ2v) is 3.95. The van der Waals surface area contributed by atoms with Gasteiger partial charge in [0.1, 0.15) is 5.75 Å². The number of hydrogen-bond donors (Lipinski definition) is 0. The molecule has 1 aromatic rings. The van der Waals surface area contributed by atoms with Crippen molar-refractivity contribution >= 4 is 6.08 Å². The van der Waals surface area contributed by atoms with E-state index in [1.165, 1.54) is 0 Å². The third kappa shape index (κ3) is 3.90. The Kier molecular flexibility index (Phi) is 4.69. The van der Waals surface area contributed by atoms with Gasteiger partial charge in [0.15, 0.2) is 0 Å². The van der Waals surface area contributed by atoms with E-state index in [1.807, 2.05) is 38.1 Å². The highest BCUT2D eigenvalue weighted by Gasteiger charge is 2.10. The Morgan fingerprint density at radius 1 is 1.47 bits per heavy atom. The largest absolute Gasteiger partial charge is 0.490 e. The number of allylic oxidation sites excluding steroid dienone is 1. The molecule has 0 aromatic heterocycles. The van der Waals surface area contributed by atoms with E-state index in [1.54, 1.807) is 13.0 Å². The molecule has 4 heteroatoms. The fourth-order valence-electron chi connectivity index (χ4n) is 1.42. The number of benzene rings is 1. The quantitative estimate of drug-likeness (QED) is 0.579. The predicted molar refractivity (Wildman–Crippen MR) is 67.5 cm³/mol. The number of rotatable bonds is 5. The zero-order valence-corrected chi connectivity index (χ0v) is 10.3. The first-order chi connectivity index (χ1) is 8.04. The zero-order chi connectivity index (χ0) is 12.8. The molecule has 92 valence electrons. The van der Waals surface area contributed by atoms with Gasteiger partial charge in [-0.1, -0.05) is 25.1 Å². The maximum atomic E-state index is 10.8. The van der Waals surface area contributed by atoms with Crippen molar-refractivity contribution in [3.05, 3.63) is 45.6 Å². The van der Waals surface area contributed by atoms with Gasteiger partial charge in [-0.2, -0.15) is 0 Å². The SMILES string of the molecule is CC/C(=C\c1ccccc1OC(C)C)[N+](=O)[O-]. The monoisotopic (exact) mass is 235 g/mol. The number of para-hydroxylation sites is 1. The van der Waals surface area contributed by atoms with Crippen LogP contribution < -0.4 is 4.74 Å². The highest BCUT2D eigenvalue weighted by Crippen LogP contribution is 2.23. The fourth-order valence-corrected chi connectivity index (χ4v) is 1.42. The topological polar surface area (TPSA) is 52.4 Å². The summed E-state index contributed by atoms with van der Waals surface area (Å²) in [4.78, 5) is 10.4. The molecule has 0 aliphatic carbocycles. The third-order valence-corrected chi connectivity index (χ3v) is 2.20. The van der Waals surface area contributed by atoms with Crippen LogP contribution in [0.3, 0.4) is 0 Å². The maximum Gasteiger partial charge on any atom is 0.246 e. The lowest BCUT2D eigenvalue weighted by molar-refractivity contribution is -0.425. The molecule has 0 spiro atoms. The van der Waals surface area contributed by atoms with Crippen LogP contribution in [-0.4, -0.2) is 11.0 Å². The van der Waals surface area contributed by atoms with Crippen LogP contribution >= 0.6 is 0 Å². The van der Waals surface area contributed by atoms with Gasteiger partial charge in [0.25, 0.3) is 0 Å². The normalized spacial score (nSPS) is 11.6. The van der Waals surface area contributed by atoms with Gasteiger partial charge in [0, 0.05) is 18.1 Å². The second kappa shape index (κ2) is 6.03. The number of nitro groups is 1. The molecular formula is C13H17NO3. The third-order valence-electron chi connectivity index (χ3n) is 2.20. The summed E-state index contributed by atoms with van der Waals surface area (Å²) in [5.41, 5.74) is 0.930. The molecule has 0 N–H and O–H groups in total. The number of ether oxygens (including phenoxy) is 1. The van der Waals surface area contributed by atoms with Crippen molar-refractivity contribution in [3.63, 3.8) is 0 Å². The summed E-state index contributed by atoms with van der Waals surface area (Å²) in [6, 6.07) is 7.33. The first-order valence-electron chi connectivity index (χ1n) is 5.65. The van der Waals surface area contributed by atoms with E-state index in [0.29, 0.717) is 12.2 Å². The van der Waals surface area contributed by atoms with E-state index in [4.69, 9.17) is 4.74 Å². The van der Waals surface area contributed by atoms with Crippen LogP contribution in [0, 0.1) is 10.1 Å². The van der Waals surface area contributed by atoms with Crippen molar-refractivity contribution in [2.24, 2.45) is 0 Å². The van der Waals surface area contributed by atoms with Crippen molar-refractivity contribution < 1.29 is 9.66 Å². The lowest BCUT2D eigenvalue weighted by Crippen LogP contribution is -2.06. The lowest BCUT2D eigenvalue weighted by Gasteiger charge is -2.11. The van der Waals surface area contributed by atoms with Gasteiger partial charge in [0.05, 0.1) is 11.0 Å². The highest BCUT2D eigenvalue weighted by molar-refractivity contribution is 5.58. The Morgan fingerprint density at radius 2 is 2.12 bits per heavy atom. The molecular weight excluding hydrogens is 218 g/mol. The van der Waals surface area contributed by atoms with Crippen LogP contribution in [0.1, 0.15) is 32.8 Å². The Labute approximate surface area is 101 Å². The molecule has 0 amide bonds. The van der Waals surface area contributed by atoms with E-state index in [-0.39, 0.29) is 16.7 Å². The second-order valence-electron chi connectivity index (χ2n) is 3.95. The molecule has 1 aromatic carbocycles. The summed E-state index contributed by atoms with van der Waals surface area (Å²) >= 11 is 0. The molecule has 0 heterocycles. The summed E-state index contributed by atoms with van der Waals surface area (Å²) in [7, 11) is 0. The fraction of sp³-hybridized carbons (Fsp3) is 0.385. The van der Waals surface area contributed by atoms with E-state index in [2.05, 4.69) is 0 Å². The average Bonchev–Trinajstić information content (AvgIpc) is 2.26. The molecule has 17 heavy (non-hydrogen) atoms. The molecule has 0 saturated carbocycles. The average molecular weight is 235 g/mol. The molecule has 1 rings (SSSR count). The van der Waals surface area contributed by atoms with Gasteiger partial charge in [0.2, 0.25) is 5.70 Å². The molecule has 0 unspecified atom stereocenters. The summed E-state index contributed by atoms with van der Waals surface area (Å²) < 4.78 is 5.60. The van der Waals surface area contributed by atoms with Crippen molar-refractivity contribution in [3.8, 4) is 5.75 Å². The van der Waals surface area contributed by atoms with E-state index >= 15 is 0 Å². The van der Waals surface area contributed by atoms with Crippen molar-refractivity contribution in [1.29, 1.82) is 0 Å². The van der Waals surface area contributed by atoms with Crippen LogP contribution in [0.25, 0.3) is 6.08 Å². The Hall–Kier alpha value is -1.84. The predicted octanol–water partition coefficient (Wildman–Crippen LogP) is 3.50. The Morgan fingerprint density at radius 3 is 2.65 bits per heavy atom. The molecule has 0 aliphatic heterocycles. The van der Waals surface area contributed by atoms with Gasteiger partial charge >= 0.3 is 0 Å². The van der Waals surface area contributed by atoms with Crippen LogP contribution in [0.15, 0.2) is 30.0 Å². The smallest absolute Gasteiger partial charge is 0.246 e. The van der Waals surface area contributed by atoms with E-state index < -0.39 is 0 Å². The first-order valence-corrected chi connectivity index (χ1v) is 5.65. The maximum absolute atomic E-state index is 10.8. The number of nitrogens with zero attached hydrogens (tertiary/aromatic N) is 1. The van der Waals surface area contributed by atoms with Crippen LogP contribution in [0.2, 0.25) is 0 Å². The number of hydrogen-bond acceptors (Lipinski definition) is 3. The van der Waals surface area contributed by atoms with Gasteiger partial charge in [-0.05, 0) is 19.9 Å². The minimum atomic E-state index is -0.355. The minimum Gasteiger partial charge on any atom is -0.490 e. The van der Waals surface area contributed by atoms with Gasteiger partial charge in [-0.15, -0.1) is 0 Å². The molecule has 0 atom stereocenters. The summed E-state index contributed by atoms with van der Waals surface area (Å²) in [5.74, 6) is 0.676. The zero-order valence-electron chi connectivity index (χ0n) is 10.3. The van der Waals surface area contributed by atoms with E-state index in [0.717, 1.165) is 5.56 Å². The van der Waals surface area contributed by atoms with Gasteiger partial charge in [-0.3, -0.25) is 10.1 Å². The molecule has 0 radical (unpaired) electrons. The van der Waals surface area contributed by atoms with Crippen LogP contribution in [0.5, 0.6) is 5.75 Å². The van der Waals surface area contributed by atoms with Crippen LogP contribution in [0.4, 0.5) is 0 Å². The first kappa shape index (κ1) is 13.2. The van der Waals surface area contributed by atoms with E-state index in [9.17, 15) is 10.1 Å². The van der Waals surface area contributed by atoms with Crippen molar-refractivity contribution in [1.82, 2.24) is 0 Å². The van der Waals surface area contributed by atoms with Crippen molar-refractivity contribution in [2.75, 3.05) is 0 Å². The summed E-state index contributed by atoms with van der Waals surface area (Å²) in [6.07, 6.45) is 2.01. The van der Waals surface area contributed by atoms with Crippen molar-refractivity contribution in [2.45, 2.75) is 33.3 Å². The summed E-state index contributed by atoms with van der Waals surface area (Å²) in [6.45, 7) is 5.62. The van der Waals surface area contributed by atoms with Gasteiger partial charge in [-0.25, -0.2) is 0 Å². The molecule has 4 nitrogen and oxygen atoms in total. The standard InChI is InChI=1S/C13H17NO3/c1-4-12(14(15)16)9-11-7-5-6-8-13(11)17-10(2)3/h5-10H,4H2,1-3H3/b12-9+. The molecule has 0 aliphatic rings. The van der Waals surface area contributed by atoms with Gasteiger partial charge < -0.3 is 4.74 Å². The molecule has 0 saturated heterocycles. The summed E-state index contributed by atoms with van der Waals surface area (Å²) in [5, 5.41) is 10.8. The van der Waals surface area contributed by atoms with Crippen LogP contribution in [-0.2, 0) is 0 Å².